The lowest BCUT2D eigenvalue weighted by atomic mass is 10.4. The third-order valence-corrected chi connectivity index (χ3v) is 2.67. The summed E-state index contributed by atoms with van der Waals surface area (Å²) in [4.78, 5) is 12.4. The second-order valence-electron chi connectivity index (χ2n) is 3.08. The number of hydrogen-bond donors (Lipinski definition) is 0. The van der Waals surface area contributed by atoms with Crippen LogP contribution in [0, 0.1) is 3.70 Å². The van der Waals surface area contributed by atoms with E-state index in [0.29, 0.717) is 6.04 Å². The van der Waals surface area contributed by atoms with E-state index in [9.17, 15) is 0 Å². The molecule has 0 radical (unpaired) electrons. The number of nitrogens with zero attached hydrogens (tertiary/aromatic N) is 4. The fraction of sp³-hybridized carbons (Fsp3) is 0.375. The van der Waals surface area contributed by atoms with Gasteiger partial charge in [0.15, 0.2) is 5.65 Å². The van der Waals surface area contributed by atoms with Crippen molar-refractivity contribution in [1.82, 2.24) is 19.5 Å². The van der Waals surface area contributed by atoms with Crippen LogP contribution in [0.4, 0.5) is 0 Å². The normalized spacial score (nSPS) is 11.4. The zero-order valence-electron chi connectivity index (χ0n) is 7.40. The third-order valence-electron chi connectivity index (χ3n) is 1.88. The molecule has 0 saturated carbocycles. The number of hydrogen-bond acceptors (Lipinski definition) is 3. The zero-order chi connectivity index (χ0) is 9.42. The summed E-state index contributed by atoms with van der Waals surface area (Å²) in [5, 5.41) is 0. The average molecular weight is 288 g/mol. The molecule has 0 N–H and O–H groups in total. The van der Waals surface area contributed by atoms with Crippen LogP contribution in [0.1, 0.15) is 19.9 Å². The quantitative estimate of drug-likeness (QED) is 0.595. The van der Waals surface area contributed by atoms with Crippen molar-refractivity contribution in [1.29, 1.82) is 0 Å². The summed E-state index contributed by atoms with van der Waals surface area (Å²) in [6.45, 7) is 4.23. The SMILES string of the molecule is CC(C)n1cnc2ncnc(I)c21. The van der Waals surface area contributed by atoms with Crippen molar-refractivity contribution in [2.75, 3.05) is 0 Å². The van der Waals surface area contributed by atoms with E-state index in [4.69, 9.17) is 0 Å². The van der Waals surface area contributed by atoms with Crippen LogP contribution in [0.25, 0.3) is 11.2 Å². The van der Waals surface area contributed by atoms with Crippen LogP contribution in [-0.4, -0.2) is 19.5 Å². The molecule has 0 amide bonds. The van der Waals surface area contributed by atoms with Crippen LogP contribution in [0.2, 0.25) is 0 Å². The molecule has 0 atom stereocenters. The fourth-order valence-electron chi connectivity index (χ4n) is 1.23. The molecule has 0 saturated heterocycles. The molecule has 0 aliphatic heterocycles. The predicted octanol–water partition coefficient (Wildman–Crippen LogP) is 2.01. The summed E-state index contributed by atoms with van der Waals surface area (Å²) in [6.07, 6.45) is 3.36. The highest BCUT2D eigenvalue weighted by Gasteiger charge is 2.09. The average Bonchev–Trinajstić information content (AvgIpc) is 2.49. The molecule has 2 aromatic heterocycles. The van der Waals surface area contributed by atoms with E-state index in [1.165, 1.54) is 0 Å². The van der Waals surface area contributed by atoms with E-state index in [2.05, 4.69) is 56.0 Å². The molecule has 2 aromatic rings. The molecule has 0 aliphatic rings. The third kappa shape index (κ3) is 1.41. The topological polar surface area (TPSA) is 43.6 Å². The Hall–Kier alpha value is -0.720. The maximum Gasteiger partial charge on any atom is 0.181 e. The standard InChI is InChI=1S/C8H9IN4/c1-5(2)13-4-12-8-6(13)7(9)10-3-11-8/h3-5H,1-2H3. The van der Waals surface area contributed by atoms with Crippen LogP contribution in [0.3, 0.4) is 0 Å². The maximum absolute atomic E-state index is 4.21. The Bertz CT molecular complexity index is 435. The van der Waals surface area contributed by atoms with Crippen molar-refractivity contribution in [3.05, 3.63) is 16.4 Å². The molecule has 68 valence electrons. The summed E-state index contributed by atoms with van der Waals surface area (Å²) in [5.41, 5.74) is 1.80. The molecule has 0 spiro atoms. The Morgan fingerprint density at radius 3 is 2.77 bits per heavy atom. The van der Waals surface area contributed by atoms with E-state index in [0.717, 1.165) is 14.9 Å². The summed E-state index contributed by atoms with van der Waals surface area (Å²) >= 11 is 2.20. The van der Waals surface area contributed by atoms with Crippen LogP contribution >= 0.6 is 22.6 Å². The number of aromatic nitrogens is 4. The molecule has 13 heavy (non-hydrogen) atoms. The van der Waals surface area contributed by atoms with Gasteiger partial charge in [0.25, 0.3) is 0 Å². The minimum Gasteiger partial charge on any atom is -0.324 e. The van der Waals surface area contributed by atoms with Crippen molar-refractivity contribution in [3.8, 4) is 0 Å². The van der Waals surface area contributed by atoms with Gasteiger partial charge in [0.1, 0.15) is 15.5 Å². The van der Waals surface area contributed by atoms with Gasteiger partial charge in [0.05, 0.1) is 6.33 Å². The van der Waals surface area contributed by atoms with Gasteiger partial charge < -0.3 is 4.57 Å². The van der Waals surface area contributed by atoms with Gasteiger partial charge in [-0.2, -0.15) is 0 Å². The zero-order valence-corrected chi connectivity index (χ0v) is 9.56. The van der Waals surface area contributed by atoms with Gasteiger partial charge in [-0.3, -0.25) is 0 Å². The number of rotatable bonds is 1. The van der Waals surface area contributed by atoms with E-state index in [1.807, 2.05) is 6.33 Å². The number of fused-ring (bicyclic) bond motifs is 1. The molecular formula is C8H9IN4. The van der Waals surface area contributed by atoms with E-state index in [1.54, 1.807) is 6.33 Å². The van der Waals surface area contributed by atoms with Crippen LogP contribution in [-0.2, 0) is 0 Å². The first kappa shape index (κ1) is 8.86. The largest absolute Gasteiger partial charge is 0.324 e. The van der Waals surface area contributed by atoms with Crippen LogP contribution in [0.5, 0.6) is 0 Å². The monoisotopic (exact) mass is 288 g/mol. The molecule has 0 aromatic carbocycles. The van der Waals surface area contributed by atoms with Crippen molar-refractivity contribution < 1.29 is 0 Å². The van der Waals surface area contributed by atoms with Crippen molar-refractivity contribution in [2.45, 2.75) is 19.9 Å². The summed E-state index contributed by atoms with van der Waals surface area (Å²) < 4.78 is 3.03. The van der Waals surface area contributed by atoms with Crippen molar-refractivity contribution in [2.24, 2.45) is 0 Å². The Morgan fingerprint density at radius 1 is 1.31 bits per heavy atom. The fourth-order valence-corrected chi connectivity index (χ4v) is 1.88. The molecule has 0 unspecified atom stereocenters. The van der Waals surface area contributed by atoms with Gasteiger partial charge in [-0.05, 0) is 36.4 Å². The molecule has 2 rings (SSSR count). The first-order valence-electron chi connectivity index (χ1n) is 4.03. The molecule has 2 heterocycles. The minimum atomic E-state index is 0.393. The lowest BCUT2D eigenvalue weighted by molar-refractivity contribution is 0.616. The Kier molecular flexibility index (Phi) is 2.19. The number of imidazole rings is 1. The Morgan fingerprint density at radius 2 is 2.08 bits per heavy atom. The number of halogens is 1. The van der Waals surface area contributed by atoms with E-state index >= 15 is 0 Å². The predicted molar refractivity (Wildman–Crippen MR) is 58.4 cm³/mol. The summed E-state index contributed by atoms with van der Waals surface area (Å²) in [7, 11) is 0. The van der Waals surface area contributed by atoms with Gasteiger partial charge >= 0.3 is 0 Å². The summed E-state index contributed by atoms with van der Waals surface area (Å²) in [5.74, 6) is 0. The highest BCUT2D eigenvalue weighted by Crippen LogP contribution is 2.18. The van der Waals surface area contributed by atoms with Gasteiger partial charge in [-0.15, -0.1) is 0 Å². The van der Waals surface area contributed by atoms with E-state index < -0.39 is 0 Å². The first-order valence-corrected chi connectivity index (χ1v) is 5.11. The molecule has 5 heteroatoms. The molecule has 0 aliphatic carbocycles. The lowest BCUT2D eigenvalue weighted by Crippen LogP contribution is -2.00. The molecule has 0 bridgehead atoms. The van der Waals surface area contributed by atoms with Gasteiger partial charge in [0, 0.05) is 6.04 Å². The Labute approximate surface area is 89.5 Å². The first-order chi connectivity index (χ1) is 6.20. The van der Waals surface area contributed by atoms with Crippen LogP contribution < -0.4 is 0 Å². The van der Waals surface area contributed by atoms with Gasteiger partial charge in [-0.25, -0.2) is 15.0 Å². The van der Waals surface area contributed by atoms with Gasteiger partial charge in [0.2, 0.25) is 0 Å². The van der Waals surface area contributed by atoms with Gasteiger partial charge in [-0.1, -0.05) is 0 Å². The second-order valence-corrected chi connectivity index (χ2v) is 4.10. The second kappa shape index (κ2) is 3.21. The molecule has 0 fully saturated rings. The van der Waals surface area contributed by atoms with E-state index in [-0.39, 0.29) is 0 Å². The maximum atomic E-state index is 4.21. The lowest BCUT2D eigenvalue weighted by Gasteiger charge is -2.07. The summed E-state index contributed by atoms with van der Waals surface area (Å²) in [6, 6.07) is 0.393. The Balaban J connectivity index is 2.79. The molecular weight excluding hydrogens is 279 g/mol. The van der Waals surface area contributed by atoms with Crippen LogP contribution in [0.15, 0.2) is 12.7 Å². The highest BCUT2D eigenvalue weighted by atomic mass is 127. The minimum absolute atomic E-state index is 0.393. The smallest absolute Gasteiger partial charge is 0.181 e. The van der Waals surface area contributed by atoms with Crippen molar-refractivity contribution in [3.63, 3.8) is 0 Å². The highest BCUT2D eigenvalue weighted by molar-refractivity contribution is 14.1. The molecule has 4 nitrogen and oxygen atoms in total. The van der Waals surface area contributed by atoms with Crippen molar-refractivity contribution >= 4 is 33.8 Å².